The number of nitrogen functional groups attached to an aromatic ring is 1. The maximum absolute atomic E-state index is 6.24. The van der Waals surface area contributed by atoms with E-state index in [-0.39, 0.29) is 0 Å². The SMILES string of the molecule is Cc1ccc(Nc2ncnc(Nc3ccc(I)cc3)c2N)c(C)c1. The highest BCUT2D eigenvalue weighted by Crippen LogP contribution is 2.29. The monoisotopic (exact) mass is 431 g/mol. The minimum atomic E-state index is 0.482. The average molecular weight is 431 g/mol. The van der Waals surface area contributed by atoms with E-state index < -0.39 is 0 Å². The summed E-state index contributed by atoms with van der Waals surface area (Å²) in [5.41, 5.74) is 11.0. The van der Waals surface area contributed by atoms with Crippen molar-refractivity contribution in [2.24, 2.45) is 0 Å². The molecule has 0 radical (unpaired) electrons. The number of hydrogen-bond donors (Lipinski definition) is 3. The molecule has 0 aliphatic rings. The molecule has 1 heterocycles. The number of hydrogen-bond acceptors (Lipinski definition) is 5. The standard InChI is InChI=1S/C18H18IN5/c1-11-3-8-15(12(2)9-11)24-18-16(20)17(21-10-22-18)23-14-6-4-13(19)5-7-14/h3-10H,20H2,1-2H3,(H2,21,22,23,24). The van der Waals surface area contributed by atoms with Crippen LogP contribution in [0.4, 0.5) is 28.7 Å². The molecule has 0 atom stereocenters. The van der Waals surface area contributed by atoms with E-state index >= 15 is 0 Å². The minimum Gasteiger partial charge on any atom is -0.393 e. The predicted octanol–water partition coefficient (Wildman–Crippen LogP) is 4.77. The third kappa shape index (κ3) is 3.76. The first-order valence-corrected chi connectivity index (χ1v) is 8.58. The summed E-state index contributed by atoms with van der Waals surface area (Å²) in [5, 5.41) is 6.52. The fourth-order valence-corrected chi connectivity index (χ4v) is 2.71. The maximum Gasteiger partial charge on any atom is 0.159 e. The molecule has 122 valence electrons. The Morgan fingerprint density at radius 3 is 2.25 bits per heavy atom. The molecule has 0 unspecified atom stereocenters. The third-order valence-corrected chi connectivity index (χ3v) is 4.35. The van der Waals surface area contributed by atoms with Gasteiger partial charge in [0.1, 0.15) is 12.0 Å². The molecule has 3 rings (SSSR count). The van der Waals surface area contributed by atoms with E-state index in [1.807, 2.05) is 30.3 Å². The van der Waals surface area contributed by atoms with Crippen molar-refractivity contribution in [3.8, 4) is 0 Å². The highest BCUT2D eigenvalue weighted by molar-refractivity contribution is 14.1. The number of aromatic nitrogens is 2. The van der Waals surface area contributed by atoms with E-state index in [1.54, 1.807) is 0 Å². The summed E-state index contributed by atoms with van der Waals surface area (Å²) in [5.74, 6) is 1.17. The quantitative estimate of drug-likeness (QED) is 0.519. The summed E-state index contributed by atoms with van der Waals surface area (Å²) in [6.45, 7) is 4.12. The predicted molar refractivity (Wildman–Crippen MR) is 108 cm³/mol. The molecule has 5 nitrogen and oxygen atoms in total. The van der Waals surface area contributed by atoms with Crippen molar-refractivity contribution >= 4 is 51.3 Å². The molecule has 24 heavy (non-hydrogen) atoms. The number of rotatable bonds is 4. The van der Waals surface area contributed by atoms with E-state index in [2.05, 4.69) is 69.2 Å². The molecule has 0 saturated heterocycles. The Morgan fingerprint density at radius 2 is 1.58 bits per heavy atom. The Bertz CT molecular complexity index is 862. The zero-order valence-corrected chi connectivity index (χ0v) is 15.6. The topological polar surface area (TPSA) is 75.9 Å². The zero-order chi connectivity index (χ0) is 17.1. The molecular formula is C18H18IN5. The number of nitrogens with zero attached hydrogens (tertiary/aromatic N) is 2. The molecule has 0 spiro atoms. The molecule has 0 bridgehead atoms. The van der Waals surface area contributed by atoms with Gasteiger partial charge in [0.15, 0.2) is 11.6 Å². The van der Waals surface area contributed by atoms with Crippen molar-refractivity contribution in [3.63, 3.8) is 0 Å². The van der Waals surface area contributed by atoms with Crippen LogP contribution in [-0.4, -0.2) is 9.97 Å². The average Bonchev–Trinajstić information content (AvgIpc) is 2.55. The molecule has 1 aromatic heterocycles. The largest absolute Gasteiger partial charge is 0.393 e. The van der Waals surface area contributed by atoms with Gasteiger partial charge in [-0.05, 0) is 72.3 Å². The highest BCUT2D eigenvalue weighted by Gasteiger charge is 2.10. The van der Waals surface area contributed by atoms with Crippen LogP contribution in [0.15, 0.2) is 48.8 Å². The van der Waals surface area contributed by atoms with E-state index in [4.69, 9.17) is 5.73 Å². The van der Waals surface area contributed by atoms with Gasteiger partial charge >= 0.3 is 0 Å². The first-order valence-electron chi connectivity index (χ1n) is 7.50. The van der Waals surface area contributed by atoms with Gasteiger partial charge < -0.3 is 16.4 Å². The smallest absolute Gasteiger partial charge is 0.159 e. The Morgan fingerprint density at radius 1 is 0.917 bits per heavy atom. The van der Waals surface area contributed by atoms with Crippen LogP contribution in [0.1, 0.15) is 11.1 Å². The van der Waals surface area contributed by atoms with Crippen LogP contribution in [0, 0.1) is 17.4 Å². The number of halogens is 1. The number of benzene rings is 2. The van der Waals surface area contributed by atoms with Gasteiger partial charge in [0.05, 0.1) is 0 Å². The van der Waals surface area contributed by atoms with Crippen LogP contribution in [-0.2, 0) is 0 Å². The molecule has 2 aromatic carbocycles. The van der Waals surface area contributed by atoms with Crippen LogP contribution < -0.4 is 16.4 Å². The van der Waals surface area contributed by atoms with Crippen molar-refractivity contribution in [2.45, 2.75) is 13.8 Å². The first-order chi connectivity index (χ1) is 11.5. The van der Waals surface area contributed by atoms with Crippen LogP contribution in [0.2, 0.25) is 0 Å². The van der Waals surface area contributed by atoms with E-state index in [0.29, 0.717) is 17.3 Å². The summed E-state index contributed by atoms with van der Waals surface area (Å²) in [7, 11) is 0. The summed E-state index contributed by atoms with van der Waals surface area (Å²) in [4.78, 5) is 8.51. The maximum atomic E-state index is 6.24. The first kappa shape index (κ1) is 16.5. The molecule has 0 aliphatic heterocycles. The van der Waals surface area contributed by atoms with Crippen molar-refractivity contribution < 1.29 is 0 Å². The Hall–Kier alpha value is -2.35. The zero-order valence-electron chi connectivity index (χ0n) is 13.5. The molecule has 6 heteroatoms. The molecule has 0 fully saturated rings. The molecule has 0 saturated carbocycles. The highest BCUT2D eigenvalue weighted by atomic mass is 127. The lowest BCUT2D eigenvalue weighted by Gasteiger charge is -2.14. The van der Waals surface area contributed by atoms with Crippen molar-refractivity contribution in [3.05, 3.63) is 63.5 Å². The minimum absolute atomic E-state index is 0.482. The number of nitrogens with two attached hydrogens (primary N) is 1. The van der Waals surface area contributed by atoms with E-state index in [0.717, 1.165) is 16.9 Å². The Balaban J connectivity index is 1.86. The van der Waals surface area contributed by atoms with Gasteiger partial charge in [-0.1, -0.05) is 17.7 Å². The van der Waals surface area contributed by atoms with Gasteiger partial charge in [-0.2, -0.15) is 0 Å². The van der Waals surface area contributed by atoms with Gasteiger partial charge in [-0.25, -0.2) is 9.97 Å². The van der Waals surface area contributed by atoms with Crippen LogP contribution in [0.3, 0.4) is 0 Å². The third-order valence-electron chi connectivity index (χ3n) is 3.63. The molecule has 0 amide bonds. The van der Waals surface area contributed by atoms with E-state index in [1.165, 1.54) is 15.5 Å². The summed E-state index contributed by atoms with van der Waals surface area (Å²) < 4.78 is 1.17. The van der Waals surface area contributed by atoms with Gasteiger partial charge in [-0.15, -0.1) is 0 Å². The Kier molecular flexibility index (Phi) is 4.84. The molecule has 3 aromatic rings. The van der Waals surface area contributed by atoms with Crippen molar-refractivity contribution in [1.29, 1.82) is 0 Å². The van der Waals surface area contributed by atoms with Gasteiger partial charge in [0.25, 0.3) is 0 Å². The molecule has 4 N–H and O–H groups in total. The normalized spacial score (nSPS) is 10.5. The van der Waals surface area contributed by atoms with Crippen molar-refractivity contribution in [2.75, 3.05) is 16.4 Å². The second kappa shape index (κ2) is 7.04. The number of anilines is 5. The second-order valence-corrected chi connectivity index (χ2v) is 6.81. The fraction of sp³-hybridized carbons (Fsp3) is 0.111. The number of nitrogens with one attached hydrogen (secondary N) is 2. The summed E-state index contributed by atoms with van der Waals surface area (Å²) in [6, 6.07) is 14.2. The summed E-state index contributed by atoms with van der Waals surface area (Å²) >= 11 is 2.27. The van der Waals surface area contributed by atoms with Gasteiger partial charge in [0.2, 0.25) is 0 Å². The van der Waals surface area contributed by atoms with Crippen LogP contribution in [0.25, 0.3) is 0 Å². The van der Waals surface area contributed by atoms with E-state index in [9.17, 15) is 0 Å². The van der Waals surface area contributed by atoms with Gasteiger partial charge in [-0.3, -0.25) is 0 Å². The van der Waals surface area contributed by atoms with Crippen molar-refractivity contribution in [1.82, 2.24) is 9.97 Å². The van der Waals surface area contributed by atoms with Crippen LogP contribution >= 0.6 is 22.6 Å². The Labute approximate surface area is 154 Å². The lowest BCUT2D eigenvalue weighted by Crippen LogP contribution is -2.05. The molecule has 0 aliphatic carbocycles. The summed E-state index contributed by atoms with van der Waals surface area (Å²) in [6.07, 6.45) is 1.50. The van der Waals surface area contributed by atoms with Crippen LogP contribution in [0.5, 0.6) is 0 Å². The number of aryl methyl sites for hydroxylation is 2. The second-order valence-electron chi connectivity index (χ2n) is 5.56. The molecular weight excluding hydrogens is 413 g/mol. The van der Waals surface area contributed by atoms with Gasteiger partial charge in [0, 0.05) is 14.9 Å². The lowest BCUT2D eigenvalue weighted by atomic mass is 10.1. The lowest BCUT2D eigenvalue weighted by molar-refractivity contribution is 1.17. The fourth-order valence-electron chi connectivity index (χ4n) is 2.35.